The zero-order valence-electron chi connectivity index (χ0n) is 16.9. The van der Waals surface area contributed by atoms with Crippen molar-refractivity contribution in [2.45, 2.75) is 17.7 Å². The highest BCUT2D eigenvalue weighted by Gasteiger charge is 2.49. The molecule has 1 aliphatic rings. The van der Waals surface area contributed by atoms with Gasteiger partial charge < -0.3 is 0 Å². The van der Waals surface area contributed by atoms with Crippen molar-refractivity contribution in [3.05, 3.63) is 71.3 Å². The lowest BCUT2D eigenvalue weighted by atomic mass is 10.0. The van der Waals surface area contributed by atoms with Crippen LogP contribution >= 0.6 is 11.8 Å². The van der Waals surface area contributed by atoms with Crippen LogP contribution in [0.25, 0.3) is 0 Å². The van der Waals surface area contributed by atoms with E-state index in [9.17, 15) is 18.4 Å². The molecule has 7 nitrogen and oxygen atoms in total. The number of hydrogen-bond donors (Lipinski definition) is 0. The second-order valence-corrected chi connectivity index (χ2v) is 7.90. The predicted octanol–water partition coefficient (Wildman–Crippen LogP) is 4.26. The molecule has 2 aromatic carbocycles. The first-order valence-corrected chi connectivity index (χ1v) is 10.2. The van der Waals surface area contributed by atoms with Crippen molar-refractivity contribution in [2.75, 3.05) is 20.7 Å². The van der Waals surface area contributed by atoms with Crippen LogP contribution in [0.15, 0.2) is 58.6 Å². The van der Waals surface area contributed by atoms with Gasteiger partial charge in [-0.1, -0.05) is 42.1 Å². The van der Waals surface area contributed by atoms with Gasteiger partial charge in [-0.2, -0.15) is 10.1 Å². The second kappa shape index (κ2) is 9.82. The summed E-state index contributed by atoms with van der Waals surface area (Å²) >= 11 is 1.14. The van der Waals surface area contributed by atoms with E-state index in [4.69, 9.17) is 4.84 Å². The Labute approximate surface area is 182 Å². The molecule has 10 heteroatoms. The summed E-state index contributed by atoms with van der Waals surface area (Å²) in [6.45, 7) is 0.199. The molecule has 1 aliphatic heterocycles. The lowest BCUT2D eigenvalue weighted by Crippen LogP contribution is -2.46. The number of rotatable bonds is 7. The fourth-order valence-corrected chi connectivity index (χ4v) is 4.61. The highest BCUT2D eigenvalue weighted by Crippen LogP contribution is 2.51. The Morgan fingerprint density at radius 3 is 2.71 bits per heavy atom. The third kappa shape index (κ3) is 4.66. The number of hydrogen-bond acceptors (Lipinski definition) is 6. The maximum atomic E-state index is 14.5. The molecule has 0 N–H and O–H groups in total. The first kappa shape index (κ1) is 22.6. The smallest absolute Gasteiger partial charge is 0.273 e. The van der Waals surface area contributed by atoms with Crippen molar-refractivity contribution >= 4 is 28.9 Å². The number of amides is 2. The van der Waals surface area contributed by atoms with Crippen LogP contribution < -0.4 is 0 Å². The third-order valence-electron chi connectivity index (χ3n) is 4.76. The van der Waals surface area contributed by atoms with Gasteiger partial charge in [0.2, 0.25) is 6.08 Å². The molecule has 2 aromatic rings. The number of urea groups is 1. The van der Waals surface area contributed by atoms with Crippen molar-refractivity contribution in [3.8, 4) is 0 Å². The van der Waals surface area contributed by atoms with Crippen molar-refractivity contribution < 1.29 is 23.2 Å². The number of aliphatic imine (C=N–C) groups is 1. The molecule has 1 unspecified atom stereocenters. The van der Waals surface area contributed by atoms with Crippen molar-refractivity contribution in [1.82, 2.24) is 10.1 Å². The summed E-state index contributed by atoms with van der Waals surface area (Å²) in [5, 5.41) is 6.74. The molecule has 2 amide bonds. The number of benzene rings is 2. The van der Waals surface area contributed by atoms with E-state index in [0.29, 0.717) is 12.8 Å². The molecule has 0 saturated heterocycles. The molecule has 0 aliphatic carbocycles. The largest absolute Gasteiger partial charge is 0.365 e. The van der Waals surface area contributed by atoms with Crippen molar-refractivity contribution in [1.29, 1.82) is 0 Å². The fraction of sp³-hybridized carbons (Fsp3) is 0.286. The number of nitrogens with zero attached hydrogens (tertiary/aromatic N) is 4. The molecule has 1 heterocycles. The number of halogens is 2. The third-order valence-corrected chi connectivity index (χ3v) is 6.20. The molecular formula is C21H20F2N4O3S. The molecule has 0 aromatic heterocycles. The van der Waals surface area contributed by atoms with Gasteiger partial charge in [0.1, 0.15) is 21.5 Å². The molecule has 3 rings (SSSR count). The fourth-order valence-electron chi connectivity index (χ4n) is 3.20. The van der Waals surface area contributed by atoms with Gasteiger partial charge in [-0.25, -0.2) is 28.4 Å². The van der Waals surface area contributed by atoms with Crippen LogP contribution in [-0.2, 0) is 14.5 Å². The average molecular weight is 446 g/mol. The monoisotopic (exact) mass is 446 g/mol. The molecule has 162 valence electrons. The van der Waals surface area contributed by atoms with Crippen LogP contribution in [0, 0.1) is 11.6 Å². The van der Waals surface area contributed by atoms with Crippen LogP contribution in [0.5, 0.6) is 0 Å². The van der Waals surface area contributed by atoms with Crippen molar-refractivity contribution in [3.63, 3.8) is 0 Å². The van der Waals surface area contributed by atoms with Gasteiger partial charge in [0.05, 0.1) is 13.7 Å². The minimum Gasteiger partial charge on any atom is -0.273 e. The van der Waals surface area contributed by atoms with Crippen LogP contribution in [-0.4, -0.2) is 47.9 Å². The first-order valence-electron chi connectivity index (χ1n) is 9.37. The molecule has 0 spiro atoms. The van der Waals surface area contributed by atoms with Gasteiger partial charge in [-0.05, 0) is 36.6 Å². The van der Waals surface area contributed by atoms with Crippen LogP contribution in [0.1, 0.15) is 24.0 Å². The van der Waals surface area contributed by atoms with E-state index < -0.39 is 22.5 Å². The standard InChI is InChI=1S/C21H20F2N4O3S/c1-26(30-2)20(29)27-21(11-6-12-24-14-28,15-7-4-3-5-8-15)31-19(25-27)17-13-16(22)9-10-18(17)23/h3-5,7-10,13H,6,11-12H2,1-2H3. The van der Waals surface area contributed by atoms with Crippen LogP contribution in [0.2, 0.25) is 0 Å². The highest BCUT2D eigenvalue weighted by atomic mass is 32.2. The highest BCUT2D eigenvalue weighted by molar-refractivity contribution is 8.15. The second-order valence-electron chi connectivity index (χ2n) is 6.63. The summed E-state index contributed by atoms with van der Waals surface area (Å²) in [6.07, 6.45) is 2.25. The Bertz CT molecular complexity index is 1030. The molecule has 0 fully saturated rings. The quantitative estimate of drug-likeness (QED) is 0.276. The van der Waals surface area contributed by atoms with E-state index >= 15 is 0 Å². The Kier molecular flexibility index (Phi) is 7.17. The van der Waals surface area contributed by atoms with Crippen molar-refractivity contribution in [2.24, 2.45) is 10.1 Å². The number of carbonyl (C=O) groups excluding carboxylic acids is 2. The van der Waals surface area contributed by atoms with E-state index in [-0.39, 0.29) is 17.2 Å². The summed E-state index contributed by atoms with van der Waals surface area (Å²) in [5.74, 6) is -1.28. The molecular weight excluding hydrogens is 426 g/mol. The molecule has 31 heavy (non-hydrogen) atoms. The number of carbonyl (C=O) groups is 1. The van der Waals surface area contributed by atoms with Crippen LogP contribution in [0.4, 0.5) is 13.6 Å². The summed E-state index contributed by atoms with van der Waals surface area (Å²) in [6, 6.07) is 11.6. The van der Waals surface area contributed by atoms with Gasteiger partial charge in [0, 0.05) is 12.6 Å². The zero-order chi connectivity index (χ0) is 22.4. The minimum absolute atomic E-state index is 0.0495. The number of isocyanates is 1. The van der Waals surface area contributed by atoms with Gasteiger partial charge in [0.25, 0.3) is 0 Å². The Hall–Kier alpha value is -3.07. The van der Waals surface area contributed by atoms with E-state index in [1.54, 1.807) is 0 Å². The van der Waals surface area contributed by atoms with E-state index in [2.05, 4.69) is 10.1 Å². The summed E-state index contributed by atoms with van der Waals surface area (Å²) in [7, 11) is 2.76. The van der Waals surface area contributed by atoms with E-state index in [1.165, 1.54) is 25.2 Å². The van der Waals surface area contributed by atoms with E-state index in [0.717, 1.165) is 40.6 Å². The maximum absolute atomic E-state index is 14.5. The molecule has 0 bridgehead atoms. The SMILES string of the molecule is CON(C)C(=O)N1N=C(c2cc(F)ccc2F)SC1(CCCN=C=O)c1ccccc1. The summed E-state index contributed by atoms with van der Waals surface area (Å²) < 4.78 is 28.4. The normalized spacial score (nSPS) is 17.8. The van der Waals surface area contributed by atoms with Gasteiger partial charge in [-0.3, -0.25) is 4.84 Å². The Morgan fingerprint density at radius 1 is 1.29 bits per heavy atom. The Balaban J connectivity index is 2.13. The van der Waals surface area contributed by atoms with E-state index in [1.807, 2.05) is 30.3 Å². The number of hydroxylamine groups is 2. The molecule has 1 atom stereocenters. The first-order chi connectivity index (χ1) is 14.9. The zero-order valence-corrected chi connectivity index (χ0v) is 17.7. The average Bonchev–Trinajstić information content (AvgIpc) is 3.18. The molecule has 0 saturated carbocycles. The topological polar surface area (TPSA) is 74.6 Å². The maximum Gasteiger partial charge on any atom is 0.365 e. The number of hydrazone groups is 1. The lowest BCUT2D eigenvalue weighted by Gasteiger charge is -2.37. The van der Waals surface area contributed by atoms with Crippen LogP contribution in [0.3, 0.4) is 0 Å². The summed E-state index contributed by atoms with van der Waals surface area (Å²) in [5.41, 5.74) is 0.676. The molecule has 0 radical (unpaired) electrons. The van der Waals surface area contributed by atoms with Gasteiger partial charge in [0.15, 0.2) is 0 Å². The lowest BCUT2D eigenvalue weighted by molar-refractivity contribution is -0.0805. The number of thioether (sulfide) groups is 1. The summed E-state index contributed by atoms with van der Waals surface area (Å²) in [4.78, 5) is 31.1. The minimum atomic E-state index is -1.09. The van der Waals surface area contributed by atoms with Gasteiger partial charge in [-0.15, -0.1) is 0 Å². The Morgan fingerprint density at radius 2 is 2.03 bits per heavy atom. The predicted molar refractivity (Wildman–Crippen MR) is 113 cm³/mol. The van der Waals surface area contributed by atoms with Gasteiger partial charge >= 0.3 is 6.03 Å².